The van der Waals surface area contributed by atoms with Gasteiger partial charge in [-0.25, -0.2) is 0 Å². The summed E-state index contributed by atoms with van der Waals surface area (Å²) in [6.45, 7) is 10.1. The van der Waals surface area contributed by atoms with E-state index < -0.39 is 0 Å². The predicted molar refractivity (Wildman–Crippen MR) is 81.0 cm³/mol. The fourth-order valence-electron chi connectivity index (χ4n) is 3.11. The molecule has 0 aromatic carbocycles. The number of nitrogens with zero attached hydrogens (tertiary/aromatic N) is 1. The molecule has 0 saturated heterocycles. The second kappa shape index (κ2) is 6.04. The lowest BCUT2D eigenvalue weighted by Gasteiger charge is -2.37. The summed E-state index contributed by atoms with van der Waals surface area (Å²) in [5.74, 6) is 0.891. The second-order valence-corrected chi connectivity index (χ2v) is 7.07. The predicted octanol–water partition coefficient (Wildman–Crippen LogP) is 4.08. The van der Waals surface area contributed by atoms with Crippen LogP contribution in [-0.4, -0.2) is 11.0 Å². The maximum atomic E-state index is 4.55. The summed E-state index contributed by atoms with van der Waals surface area (Å²) >= 11 is 0. The van der Waals surface area contributed by atoms with Crippen LogP contribution in [0.4, 0.5) is 0 Å². The van der Waals surface area contributed by atoms with Crippen molar-refractivity contribution in [3.8, 4) is 0 Å². The van der Waals surface area contributed by atoms with Gasteiger partial charge in [0.2, 0.25) is 0 Å². The van der Waals surface area contributed by atoms with Crippen LogP contribution >= 0.6 is 0 Å². The van der Waals surface area contributed by atoms with Crippen LogP contribution in [0.2, 0.25) is 0 Å². The van der Waals surface area contributed by atoms with E-state index in [1.807, 2.05) is 0 Å². The molecule has 2 nitrogen and oxygen atoms in total. The average Bonchev–Trinajstić information content (AvgIpc) is 2.36. The van der Waals surface area contributed by atoms with Crippen LogP contribution in [0.25, 0.3) is 0 Å². The zero-order valence-electron chi connectivity index (χ0n) is 12.9. The lowest BCUT2D eigenvalue weighted by molar-refractivity contribution is 0.159. The highest BCUT2D eigenvalue weighted by Gasteiger charge is 2.29. The van der Waals surface area contributed by atoms with Gasteiger partial charge < -0.3 is 5.32 Å². The quantitative estimate of drug-likeness (QED) is 0.885. The number of pyridine rings is 1. The van der Waals surface area contributed by atoms with Gasteiger partial charge in [-0.15, -0.1) is 0 Å². The Labute approximate surface area is 118 Å². The van der Waals surface area contributed by atoms with E-state index in [2.05, 4.69) is 56.2 Å². The van der Waals surface area contributed by atoms with Gasteiger partial charge in [-0.05, 0) is 56.1 Å². The van der Waals surface area contributed by atoms with Gasteiger partial charge in [-0.3, -0.25) is 4.98 Å². The third-order valence-electron chi connectivity index (χ3n) is 4.47. The molecule has 1 heterocycles. The molecule has 1 aliphatic rings. The minimum Gasteiger partial charge on any atom is -0.308 e. The van der Waals surface area contributed by atoms with Gasteiger partial charge in [0.1, 0.15) is 0 Å². The molecule has 1 saturated carbocycles. The Hall–Kier alpha value is -0.890. The molecule has 0 radical (unpaired) electrons. The third kappa shape index (κ3) is 4.31. The molecule has 106 valence electrons. The van der Waals surface area contributed by atoms with E-state index in [9.17, 15) is 0 Å². The van der Waals surface area contributed by atoms with Gasteiger partial charge in [0, 0.05) is 18.3 Å². The number of rotatable bonds is 3. The van der Waals surface area contributed by atoms with Crippen molar-refractivity contribution in [2.45, 2.75) is 66.0 Å². The molecule has 2 heteroatoms. The van der Waals surface area contributed by atoms with Crippen molar-refractivity contribution in [3.63, 3.8) is 0 Å². The van der Waals surface area contributed by atoms with Crippen molar-refractivity contribution >= 4 is 0 Å². The topological polar surface area (TPSA) is 24.9 Å². The first-order valence-corrected chi connectivity index (χ1v) is 7.61. The highest BCUT2D eigenvalue weighted by molar-refractivity contribution is 5.09. The Bertz CT molecular complexity index is 398. The Morgan fingerprint density at radius 1 is 1.16 bits per heavy atom. The molecule has 1 fully saturated rings. The van der Waals surface area contributed by atoms with E-state index in [1.54, 1.807) is 0 Å². The van der Waals surface area contributed by atoms with Crippen molar-refractivity contribution < 1.29 is 0 Å². The molecule has 0 atom stereocenters. The van der Waals surface area contributed by atoms with E-state index in [4.69, 9.17) is 0 Å². The molecule has 2 rings (SSSR count). The molecule has 0 unspecified atom stereocenters. The Kier molecular flexibility index (Phi) is 4.62. The molecular weight excluding hydrogens is 232 g/mol. The number of aromatic nitrogens is 1. The molecular formula is C17H28N2. The van der Waals surface area contributed by atoms with Crippen molar-refractivity contribution in [1.29, 1.82) is 0 Å². The van der Waals surface area contributed by atoms with Crippen LogP contribution in [0.5, 0.6) is 0 Å². The van der Waals surface area contributed by atoms with Gasteiger partial charge >= 0.3 is 0 Å². The van der Waals surface area contributed by atoms with Crippen molar-refractivity contribution in [2.75, 3.05) is 0 Å². The molecule has 1 aromatic rings. The lowest BCUT2D eigenvalue weighted by atomic mass is 9.71. The first-order chi connectivity index (χ1) is 8.95. The third-order valence-corrected chi connectivity index (χ3v) is 4.47. The Morgan fingerprint density at radius 3 is 2.42 bits per heavy atom. The summed E-state index contributed by atoms with van der Waals surface area (Å²) in [5, 5.41) is 3.67. The van der Waals surface area contributed by atoms with Gasteiger partial charge in [-0.2, -0.15) is 0 Å². The second-order valence-electron chi connectivity index (χ2n) is 7.07. The molecule has 0 aliphatic heterocycles. The maximum Gasteiger partial charge on any atom is 0.0544 e. The first-order valence-electron chi connectivity index (χ1n) is 7.61. The molecule has 0 bridgehead atoms. The standard InChI is InChI=1S/C17H28N2/c1-13-6-5-7-16(19-13)12-18-15-10-8-14(9-11-15)17(2,3)4/h5-7,14-15,18H,8-12H2,1-4H3. The van der Waals surface area contributed by atoms with Crippen LogP contribution in [-0.2, 0) is 6.54 Å². The van der Waals surface area contributed by atoms with Gasteiger partial charge in [0.15, 0.2) is 0 Å². The summed E-state index contributed by atoms with van der Waals surface area (Å²) in [5.41, 5.74) is 2.75. The minimum atomic E-state index is 0.475. The number of nitrogens with one attached hydrogen (secondary N) is 1. The zero-order valence-corrected chi connectivity index (χ0v) is 12.9. The smallest absolute Gasteiger partial charge is 0.0544 e. The number of hydrogen-bond donors (Lipinski definition) is 1. The minimum absolute atomic E-state index is 0.475. The van der Waals surface area contributed by atoms with Crippen LogP contribution in [0.3, 0.4) is 0 Å². The van der Waals surface area contributed by atoms with E-state index in [-0.39, 0.29) is 0 Å². The van der Waals surface area contributed by atoms with Gasteiger partial charge in [0.05, 0.1) is 5.69 Å². The van der Waals surface area contributed by atoms with Crippen LogP contribution in [0.1, 0.15) is 57.8 Å². The lowest BCUT2D eigenvalue weighted by Crippen LogP contribution is -2.36. The largest absolute Gasteiger partial charge is 0.308 e. The summed E-state index contributed by atoms with van der Waals surface area (Å²) in [6.07, 6.45) is 5.35. The van der Waals surface area contributed by atoms with E-state index >= 15 is 0 Å². The van der Waals surface area contributed by atoms with Crippen LogP contribution in [0.15, 0.2) is 18.2 Å². The summed E-state index contributed by atoms with van der Waals surface area (Å²) in [7, 11) is 0. The Balaban J connectivity index is 1.77. The molecule has 0 spiro atoms. The van der Waals surface area contributed by atoms with Gasteiger partial charge in [0.25, 0.3) is 0 Å². The molecule has 1 N–H and O–H groups in total. The maximum absolute atomic E-state index is 4.55. The fraction of sp³-hybridized carbons (Fsp3) is 0.706. The fourth-order valence-corrected chi connectivity index (χ4v) is 3.11. The van der Waals surface area contributed by atoms with Crippen LogP contribution in [0, 0.1) is 18.3 Å². The monoisotopic (exact) mass is 260 g/mol. The Morgan fingerprint density at radius 2 is 1.84 bits per heavy atom. The van der Waals surface area contributed by atoms with Crippen molar-refractivity contribution in [1.82, 2.24) is 10.3 Å². The normalized spacial score (nSPS) is 24.4. The average molecular weight is 260 g/mol. The summed E-state index contributed by atoms with van der Waals surface area (Å²) < 4.78 is 0. The highest BCUT2D eigenvalue weighted by atomic mass is 14.9. The number of aryl methyl sites for hydroxylation is 1. The summed E-state index contributed by atoms with van der Waals surface area (Å²) in [4.78, 5) is 4.55. The molecule has 1 aliphatic carbocycles. The highest BCUT2D eigenvalue weighted by Crippen LogP contribution is 2.37. The summed E-state index contributed by atoms with van der Waals surface area (Å²) in [6, 6.07) is 6.94. The van der Waals surface area contributed by atoms with Crippen LogP contribution < -0.4 is 5.32 Å². The van der Waals surface area contributed by atoms with Gasteiger partial charge in [-0.1, -0.05) is 26.8 Å². The number of hydrogen-bond acceptors (Lipinski definition) is 2. The van der Waals surface area contributed by atoms with Crippen molar-refractivity contribution in [3.05, 3.63) is 29.6 Å². The molecule has 19 heavy (non-hydrogen) atoms. The molecule has 0 amide bonds. The zero-order chi connectivity index (χ0) is 13.9. The molecule has 1 aromatic heterocycles. The SMILES string of the molecule is Cc1cccc(CNC2CCC(C(C)(C)C)CC2)n1. The van der Waals surface area contributed by atoms with E-state index in [0.29, 0.717) is 11.5 Å². The first kappa shape index (κ1) is 14.5. The van der Waals surface area contributed by atoms with Crippen molar-refractivity contribution in [2.24, 2.45) is 11.3 Å². The van der Waals surface area contributed by atoms with E-state index in [0.717, 1.165) is 23.9 Å². The van der Waals surface area contributed by atoms with E-state index in [1.165, 1.54) is 25.7 Å².